The molecule has 1 unspecified atom stereocenters. The molecule has 0 aliphatic rings. The van der Waals surface area contributed by atoms with Gasteiger partial charge in [-0.1, -0.05) is 13.0 Å². The summed E-state index contributed by atoms with van der Waals surface area (Å²) in [7, 11) is 1.60. The van der Waals surface area contributed by atoms with E-state index in [0.717, 1.165) is 23.5 Å². The lowest BCUT2D eigenvalue weighted by atomic mass is 10.0. The van der Waals surface area contributed by atoms with Crippen LogP contribution in [0.5, 0.6) is 5.88 Å². The van der Waals surface area contributed by atoms with Crippen molar-refractivity contribution in [3.05, 3.63) is 47.7 Å². The van der Waals surface area contributed by atoms with E-state index < -0.39 is 0 Å². The number of aryl methyl sites for hydroxylation is 1. The van der Waals surface area contributed by atoms with Gasteiger partial charge in [-0.3, -0.25) is 9.97 Å². The third-order valence-electron chi connectivity index (χ3n) is 2.89. The molecule has 0 saturated heterocycles. The first-order valence-electron chi connectivity index (χ1n) is 6.27. The highest BCUT2D eigenvalue weighted by Crippen LogP contribution is 2.26. The van der Waals surface area contributed by atoms with Crippen molar-refractivity contribution in [2.75, 3.05) is 13.7 Å². The molecule has 0 aliphatic heterocycles. The van der Waals surface area contributed by atoms with Crippen molar-refractivity contribution in [1.29, 1.82) is 0 Å². The molecular weight excluding hydrogens is 240 g/mol. The van der Waals surface area contributed by atoms with Gasteiger partial charge in [0.05, 0.1) is 18.8 Å². The summed E-state index contributed by atoms with van der Waals surface area (Å²) >= 11 is 0. The van der Waals surface area contributed by atoms with E-state index in [2.05, 4.69) is 20.3 Å². The van der Waals surface area contributed by atoms with Crippen LogP contribution in [-0.2, 0) is 0 Å². The van der Waals surface area contributed by atoms with Crippen LogP contribution in [0, 0.1) is 6.92 Å². The SMILES string of the molecule is CCNC(c1ncccc1C)c1nccnc1OC. The molecule has 19 heavy (non-hydrogen) atoms. The van der Waals surface area contributed by atoms with Crippen molar-refractivity contribution in [2.24, 2.45) is 0 Å². The van der Waals surface area contributed by atoms with Crippen LogP contribution in [-0.4, -0.2) is 28.6 Å². The summed E-state index contributed by atoms with van der Waals surface area (Å²) in [5.41, 5.74) is 2.82. The number of nitrogens with zero attached hydrogens (tertiary/aromatic N) is 3. The second-order valence-electron chi connectivity index (χ2n) is 4.15. The molecule has 0 spiro atoms. The number of ether oxygens (including phenoxy) is 1. The summed E-state index contributed by atoms with van der Waals surface area (Å²) in [5, 5.41) is 3.39. The van der Waals surface area contributed by atoms with Crippen molar-refractivity contribution in [3.8, 4) is 5.88 Å². The molecule has 1 N–H and O–H groups in total. The molecule has 0 fully saturated rings. The molecule has 2 rings (SSSR count). The van der Waals surface area contributed by atoms with E-state index in [1.807, 2.05) is 26.0 Å². The predicted molar refractivity (Wildman–Crippen MR) is 73.1 cm³/mol. The molecule has 100 valence electrons. The second-order valence-corrected chi connectivity index (χ2v) is 4.15. The van der Waals surface area contributed by atoms with Crippen molar-refractivity contribution in [2.45, 2.75) is 19.9 Å². The fourth-order valence-corrected chi connectivity index (χ4v) is 2.02. The van der Waals surface area contributed by atoms with Crippen molar-refractivity contribution in [1.82, 2.24) is 20.3 Å². The van der Waals surface area contributed by atoms with Crippen molar-refractivity contribution < 1.29 is 4.74 Å². The van der Waals surface area contributed by atoms with E-state index in [1.54, 1.807) is 25.7 Å². The largest absolute Gasteiger partial charge is 0.480 e. The molecule has 0 saturated carbocycles. The fraction of sp³-hybridized carbons (Fsp3) is 0.357. The highest BCUT2D eigenvalue weighted by atomic mass is 16.5. The van der Waals surface area contributed by atoms with Crippen LogP contribution in [0.4, 0.5) is 0 Å². The van der Waals surface area contributed by atoms with Gasteiger partial charge in [0.1, 0.15) is 5.69 Å². The second kappa shape index (κ2) is 6.24. The zero-order valence-electron chi connectivity index (χ0n) is 11.4. The molecule has 0 amide bonds. The zero-order valence-corrected chi connectivity index (χ0v) is 11.4. The first kappa shape index (κ1) is 13.4. The number of rotatable bonds is 5. The van der Waals surface area contributed by atoms with Gasteiger partial charge in [0.2, 0.25) is 5.88 Å². The van der Waals surface area contributed by atoms with Gasteiger partial charge in [0, 0.05) is 18.6 Å². The van der Waals surface area contributed by atoms with E-state index in [-0.39, 0.29) is 6.04 Å². The van der Waals surface area contributed by atoms with Crippen LogP contribution < -0.4 is 10.1 Å². The van der Waals surface area contributed by atoms with Crippen molar-refractivity contribution in [3.63, 3.8) is 0 Å². The molecule has 0 radical (unpaired) electrons. The molecule has 5 nitrogen and oxygen atoms in total. The van der Waals surface area contributed by atoms with Crippen LogP contribution in [0.2, 0.25) is 0 Å². The average molecular weight is 258 g/mol. The summed E-state index contributed by atoms with van der Waals surface area (Å²) in [6.07, 6.45) is 5.08. The number of hydrogen-bond acceptors (Lipinski definition) is 5. The molecule has 2 aromatic heterocycles. The predicted octanol–water partition coefficient (Wildman–Crippen LogP) is 1.89. The van der Waals surface area contributed by atoms with Crippen LogP contribution in [0.15, 0.2) is 30.7 Å². The van der Waals surface area contributed by atoms with Crippen LogP contribution in [0.3, 0.4) is 0 Å². The standard InChI is InChI=1S/C14H18N4O/c1-4-15-12(11-10(2)6-5-7-16-11)13-14(19-3)18-9-8-17-13/h5-9,12,15H,4H2,1-3H3. The van der Waals surface area contributed by atoms with E-state index in [1.165, 1.54) is 0 Å². The van der Waals surface area contributed by atoms with Gasteiger partial charge in [-0.2, -0.15) is 0 Å². The van der Waals surface area contributed by atoms with Gasteiger partial charge in [-0.05, 0) is 25.1 Å². The minimum atomic E-state index is -0.116. The first-order chi connectivity index (χ1) is 9.27. The number of aromatic nitrogens is 3. The fourth-order valence-electron chi connectivity index (χ4n) is 2.02. The monoisotopic (exact) mass is 258 g/mol. The number of nitrogens with one attached hydrogen (secondary N) is 1. The van der Waals surface area contributed by atoms with Gasteiger partial charge >= 0.3 is 0 Å². The molecular formula is C14H18N4O. The van der Waals surface area contributed by atoms with Crippen LogP contribution in [0.25, 0.3) is 0 Å². The summed E-state index contributed by atoms with van der Waals surface area (Å²) in [4.78, 5) is 13.1. The molecule has 2 heterocycles. The van der Waals surface area contributed by atoms with Gasteiger partial charge < -0.3 is 10.1 Å². The lowest BCUT2D eigenvalue weighted by molar-refractivity contribution is 0.382. The first-order valence-corrected chi connectivity index (χ1v) is 6.27. The van der Waals surface area contributed by atoms with E-state index in [4.69, 9.17) is 4.74 Å². The summed E-state index contributed by atoms with van der Waals surface area (Å²) in [6.45, 7) is 4.89. The third kappa shape index (κ3) is 2.88. The number of methoxy groups -OCH3 is 1. The Kier molecular flexibility index (Phi) is 4.41. The minimum Gasteiger partial charge on any atom is -0.480 e. The lowest BCUT2D eigenvalue weighted by Crippen LogP contribution is -2.25. The third-order valence-corrected chi connectivity index (χ3v) is 2.89. The van der Waals surface area contributed by atoms with Gasteiger partial charge in [0.15, 0.2) is 0 Å². The smallest absolute Gasteiger partial charge is 0.237 e. The van der Waals surface area contributed by atoms with E-state index in [9.17, 15) is 0 Å². The maximum Gasteiger partial charge on any atom is 0.237 e. The molecule has 0 bridgehead atoms. The minimum absolute atomic E-state index is 0.116. The van der Waals surface area contributed by atoms with E-state index in [0.29, 0.717) is 5.88 Å². The van der Waals surface area contributed by atoms with Gasteiger partial charge in [0.25, 0.3) is 0 Å². The van der Waals surface area contributed by atoms with Crippen molar-refractivity contribution >= 4 is 0 Å². The normalized spacial score (nSPS) is 12.2. The molecule has 5 heteroatoms. The maximum absolute atomic E-state index is 5.29. The summed E-state index contributed by atoms with van der Waals surface area (Å²) in [6, 6.07) is 3.85. The lowest BCUT2D eigenvalue weighted by Gasteiger charge is -2.19. The Labute approximate surface area is 113 Å². The Balaban J connectivity index is 2.49. The number of pyridine rings is 1. The Hall–Kier alpha value is -2.01. The Morgan fingerprint density at radius 1 is 1.16 bits per heavy atom. The Bertz CT molecular complexity index is 544. The molecule has 0 aliphatic carbocycles. The van der Waals surface area contributed by atoms with Crippen LogP contribution >= 0.6 is 0 Å². The Morgan fingerprint density at radius 3 is 2.58 bits per heavy atom. The molecule has 1 atom stereocenters. The Morgan fingerprint density at radius 2 is 1.89 bits per heavy atom. The number of hydrogen-bond donors (Lipinski definition) is 1. The van der Waals surface area contributed by atoms with Crippen LogP contribution in [0.1, 0.15) is 29.9 Å². The summed E-state index contributed by atoms with van der Waals surface area (Å²) in [5.74, 6) is 0.526. The highest BCUT2D eigenvalue weighted by molar-refractivity contribution is 5.33. The quantitative estimate of drug-likeness (QED) is 0.887. The van der Waals surface area contributed by atoms with Gasteiger partial charge in [-0.25, -0.2) is 4.98 Å². The summed E-state index contributed by atoms with van der Waals surface area (Å²) < 4.78 is 5.29. The van der Waals surface area contributed by atoms with E-state index >= 15 is 0 Å². The molecule has 2 aromatic rings. The molecule has 0 aromatic carbocycles. The topological polar surface area (TPSA) is 59.9 Å². The maximum atomic E-state index is 5.29. The van der Waals surface area contributed by atoms with Gasteiger partial charge in [-0.15, -0.1) is 0 Å². The average Bonchev–Trinajstić information content (AvgIpc) is 2.46. The zero-order chi connectivity index (χ0) is 13.7. The highest BCUT2D eigenvalue weighted by Gasteiger charge is 2.22.